The van der Waals surface area contributed by atoms with Crippen molar-refractivity contribution in [3.05, 3.63) is 28.4 Å². The van der Waals surface area contributed by atoms with Crippen LogP contribution in [0.2, 0.25) is 5.02 Å². The number of rotatable bonds is 6. The Bertz CT molecular complexity index is 740. The van der Waals surface area contributed by atoms with Crippen LogP contribution in [0.1, 0.15) is 18.9 Å². The third-order valence-corrected chi connectivity index (χ3v) is 3.88. The van der Waals surface area contributed by atoms with Gasteiger partial charge in [0.1, 0.15) is 12.3 Å². The van der Waals surface area contributed by atoms with Crippen LogP contribution in [0.5, 0.6) is 11.5 Å². The Hall–Kier alpha value is -2.23. The van der Waals surface area contributed by atoms with Crippen molar-refractivity contribution in [2.24, 2.45) is 0 Å². The molecule has 0 aromatic heterocycles. The Kier molecular flexibility index (Phi) is 6.07. The van der Waals surface area contributed by atoms with Gasteiger partial charge < -0.3 is 14.8 Å². The van der Waals surface area contributed by atoms with Crippen molar-refractivity contribution in [1.82, 2.24) is 10.2 Å². The maximum Gasteiger partial charge on any atom is 0.276 e. The summed E-state index contributed by atoms with van der Waals surface area (Å²) in [6, 6.07) is 3.38. The quantitative estimate of drug-likeness (QED) is 0.478. The molecule has 1 aromatic rings. The standard InChI is InChI=1S/C17H17ClN2O3S/c1-4-6-20-16(21)13(19-17(20)24)9-11-8-12(18)15(23-7-5-2)14(10-11)22-3/h2,8-10H,4,6-7H2,1,3H3,(H,19,24)/b13-9+. The van der Waals surface area contributed by atoms with E-state index in [2.05, 4.69) is 11.2 Å². The zero-order chi connectivity index (χ0) is 17.7. The Balaban J connectivity index is 2.33. The average molecular weight is 365 g/mol. The summed E-state index contributed by atoms with van der Waals surface area (Å²) in [7, 11) is 1.50. The molecular formula is C17H17ClN2O3S. The molecular weight excluding hydrogens is 348 g/mol. The summed E-state index contributed by atoms with van der Waals surface area (Å²) in [6.07, 6.45) is 7.68. The first-order chi connectivity index (χ1) is 11.5. The van der Waals surface area contributed by atoms with Crippen LogP contribution in [0.15, 0.2) is 17.8 Å². The first-order valence-corrected chi connectivity index (χ1v) is 8.08. The van der Waals surface area contributed by atoms with Crippen molar-refractivity contribution in [3.63, 3.8) is 0 Å². The van der Waals surface area contributed by atoms with E-state index in [0.29, 0.717) is 39.4 Å². The highest BCUT2D eigenvalue weighted by Gasteiger charge is 2.29. The molecule has 0 spiro atoms. The molecule has 1 aliphatic rings. The highest BCUT2D eigenvalue weighted by molar-refractivity contribution is 7.80. The topological polar surface area (TPSA) is 50.8 Å². The lowest BCUT2D eigenvalue weighted by Gasteiger charge is -2.12. The zero-order valence-corrected chi connectivity index (χ0v) is 15.0. The molecule has 0 radical (unpaired) electrons. The second-order valence-corrected chi connectivity index (χ2v) is 5.77. The fourth-order valence-electron chi connectivity index (χ4n) is 2.24. The largest absolute Gasteiger partial charge is 0.493 e. The summed E-state index contributed by atoms with van der Waals surface area (Å²) in [4.78, 5) is 13.9. The lowest BCUT2D eigenvalue weighted by atomic mass is 10.1. The molecule has 1 amide bonds. The van der Waals surface area contributed by atoms with Gasteiger partial charge in [-0.3, -0.25) is 9.69 Å². The van der Waals surface area contributed by atoms with E-state index in [4.69, 9.17) is 39.7 Å². The van der Waals surface area contributed by atoms with Crippen LogP contribution in [0.3, 0.4) is 0 Å². The number of terminal acetylenes is 1. The number of carbonyl (C=O) groups excluding carboxylic acids is 1. The van der Waals surface area contributed by atoms with Crippen LogP contribution >= 0.6 is 23.8 Å². The molecule has 1 fully saturated rings. The Morgan fingerprint density at radius 3 is 2.88 bits per heavy atom. The van der Waals surface area contributed by atoms with Gasteiger partial charge in [-0.25, -0.2) is 0 Å². The molecule has 1 heterocycles. The van der Waals surface area contributed by atoms with Crippen LogP contribution in [0.4, 0.5) is 0 Å². The predicted octanol–water partition coefficient (Wildman–Crippen LogP) is 2.83. The third kappa shape index (κ3) is 3.81. The molecule has 7 heteroatoms. The van der Waals surface area contributed by atoms with Crippen molar-refractivity contribution in [3.8, 4) is 23.8 Å². The lowest BCUT2D eigenvalue weighted by molar-refractivity contribution is -0.122. The molecule has 0 atom stereocenters. The van der Waals surface area contributed by atoms with E-state index in [9.17, 15) is 4.79 Å². The van der Waals surface area contributed by atoms with Gasteiger partial charge >= 0.3 is 0 Å². The van der Waals surface area contributed by atoms with Crippen molar-refractivity contribution < 1.29 is 14.3 Å². The number of amides is 1. The van der Waals surface area contributed by atoms with Crippen LogP contribution in [-0.2, 0) is 4.79 Å². The molecule has 1 saturated heterocycles. The first-order valence-electron chi connectivity index (χ1n) is 7.30. The zero-order valence-electron chi connectivity index (χ0n) is 13.4. The molecule has 2 rings (SSSR count). The van der Waals surface area contributed by atoms with Gasteiger partial charge in [0.25, 0.3) is 5.91 Å². The minimum absolute atomic E-state index is 0.0802. The minimum atomic E-state index is -0.162. The van der Waals surface area contributed by atoms with Gasteiger partial charge in [-0.1, -0.05) is 24.4 Å². The van der Waals surface area contributed by atoms with Crippen LogP contribution in [-0.4, -0.2) is 36.2 Å². The summed E-state index contributed by atoms with van der Waals surface area (Å²) >= 11 is 11.4. The molecule has 0 aliphatic carbocycles. The van der Waals surface area contributed by atoms with Crippen LogP contribution < -0.4 is 14.8 Å². The van der Waals surface area contributed by atoms with Gasteiger partial charge in [0.2, 0.25) is 0 Å². The first kappa shape index (κ1) is 18.1. The number of benzene rings is 1. The molecule has 5 nitrogen and oxygen atoms in total. The van der Waals surface area contributed by atoms with E-state index in [1.54, 1.807) is 18.2 Å². The van der Waals surface area contributed by atoms with Crippen LogP contribution in [0.25, 0.3) is 6.08 Å². The van der Waals surface area contributed by atoms with Gasteiger partial charge in [-0.15, -0.1) is 6.42 Å². The second kappa shape index (κ2) is 8.04. The fraction of sp³-hybridized carbons (Fsp3) is 0.294. The number of methoxy groups -OCH3 is 1. The average Bonchev–Trinajstić information content (AvgIpc) is 2.81. The molecule has 1 N–H and O–H groups in total. The van der Waals surface area contributed by atoms with Crippen molar-refractivity contribution in [1.29, 1.82) is 0 Å². The van der Waals surface area contributed by atoms with E-state index < -0.39 is 0 Å². The number of halogens is 1. The van der Waals surface area contributed by atoms with E-state index in [1.807, 2.05) is 6.92 Å². The van der Waals surface area contributed by atoms with Crippen molar-refractivity contribution in [2.75, 3.05) is 20.3 Å². The summed E-state index contributed by atoms with van der Waals surface area (Å²) < 4.78 is 10.7. The maximum absolute atomic E-state index is 12.4. The summed E-state index contributed by atoms with van der Waals surface area (Å²) in [5.41, 5.74) is 1.07. The monoisotopic (exact) mass is 364 g/mol. The Morgan fingerprint density at radius 2 is 2.25 bits per heavy atom. The molecule has 0 bridgehead atoms. The third-order valence-electron chi connectivity index (χ3n) is 3.27. The van der Waals surface area contributed by atoms with Gasteiger partial charge in [-0.2, -0.15) is 0 Å². The number of ether oxygens (including phenoxy) is 2. The molecule has 0 unspecified atom stereocenters. The summed E-state index contributed by atoms with van der Waals surface area (Å²) in [5.74, 6) is 3.01. The fourth-order valence-corrected chi connectivity index (χ4v) is 2.80. The predicted molar refractivity (Wildman–Crippen MR) is 98.0 cm³/mol. The lowest BCUT2D eigenvalue weighted by Crippen LogP contribution is -2.31. The van der Waals surface area contributed by atoms with Gasteiger partial charge in [0.05, 0.1) is 12.1 Å². The number of hydrogen-bond acceptors (Lipinski definition) is 4. The number of nitrogens with zero attached hydrogens (tertiary/aromatic N) is 1. The molecule has 24 heavy (non-hydrogen) atoms. The number of nitrogens with one attached hydrogen (secondary N) is 1. The maximum atomic E-state index is 12.4. The molecule has 1 aliphatic heterocycles. The normalized spacial score (nSPS) is 15.4. The van der Waals surface area contributed by atoms with Gasteiger partial charge in [0, 0.05) is 6.54 Å². The smallest absolute Gasteiger partial charge is 0.276 e. The molecule has 0 saturated carbocycles. The SMILES string of the molecule is C#CCOc1c(Cl)cc(/C=C2/NC(=S)N(CCC)C2=O)cc1OC. The van der Waals surface area contributed by atoms with E-state index >= 15 is 0 Å². The summed E-state index contributed by atoms with van der Waals surface area (Å²) in [6.45, 7) is 2.64. The Labute approximate surface area is 151 Å². The van der Waals surface area contributed by atoms with E-state index in [-0.39, 0.29) is 12.5 Å². The highest BCUT2D eigenvalue weighted by Crippen LogP contribution is 2.37. The van der Waals surface area contributed by atoms with Crippen LogP contribution in [0, 0.1) is 12.3 Å². The molecule has 1 aromatic carbocycles. The number of carbonyl (C=O) groups is 1. The number of hydrogen-bond donors (Lipinski definition) is 1. The van der Waals surface area contributed by atoms with Crippen molar-refractivity contribution in [2.45, 2.75) is 13.3 Å². The summed E-state index contributed by atoms with van der Waals surface area (Å²) in [5, 5.41) is 3.67. The minimum Gasteiger partial charge on any atom is -0.493 e. The van der Waals surface area contributed by atoms with Crippen molar-refractivity contribution >= 4 is 40.9 Å². The van der Waals surface area contributed by atoms with E-state index in [0.717, 1.165) is 6.42 Å². The van der Waals surface area contributed by atoms with Gasteiger partial charge in [-0.05, 0) is 42.4 Å². The Morgan fingerprint density at radius 1 is 1.50 bits per heavy atom. The molecule has 126 valence electrons. The van der Waals surface area contributed by atoms with E-state index in [1.165, 1.54) is 12.0 Å². The van der Waals surface area contributed by atoms with Gasteiger partial charge in [0.15, 0.2) is 16.6 Å². The second-order valence-electron chi connectivity index (χ2n) is 4.97. The number of thiocarbonyl (C=S) groups is 1. The highest BCUT2D eigenvalue weighted by atomic mass is 35.5.